The van der Waals surface area contributed by atoms with E-state index in [2.05, 4.69) is 10.4 Å². The molecule has 40 heavy (non-hydrogen) atoms. The highest BCUT2D eigenvalue weighted by Gasteiger charge is 2.37. The number of hydrogen-bond donors (Lipinski definition) is 2. The molecular weight excluding hydrogens is 582 g/mol. The molecule has 0 unspecified atom stereocenters. The van der Waals surface area contributed by atoms with Crippen molar-refractivity contribution >= 4 is 35.9 Å². The van der Waals surface area contributed by atoms with Crippen molar-refractivity contribution in [1.29, 1.82) is 0 Å². The fourth-order valence-electron chi connectivity index (χ4n) is 5.41. The lowest BCUT2D eigenvalue weighted by Gasteiger charge is -2.33. The third-order valence-corrected chi connectivity index (χ3v) is 7.55. The standard InChI is InChI=1S/C26H30ClF5N4O3.ClH/c27-19-8-3-7-18(26(30,31)32)23(19)21-14-20(34-36(21)17-5-1-2-6-17)24(39)33-16(13-22(37)38)9-12-35-11-4-10-25(28,29)15-35;/h3,7-8,14,16-17H,1-2,4-6,9-13,15H2,(H,33,39)(H,37,38);1H/t16-;/m0./s1. The lowest BCUT2D eigenvalue weighted by molar-refractivity contribution is -0.138. The van der Waals surface area contributed by atoms with Crippen LogP contribution in [0.2, 0.25) is 5.02 Å². The van der Waals surface area contributed by atoms with E-state index < -0.39 is 48.5 Å². The molecule has 14 heteroatoms. The second kappa shape index (κ2) is 13.0. The average Bonchev–Trinajstić information content (AvgIpc) is 3.51. The topological polar surface area (TPSA) is 87.5 Å². The van der Waals surface area contributed by atoms with Crippen LogP contribution in [-0.4, -0.2) is 63.3 Å². The van der Waals surface area contributed by atoms with Crippen molar-refractivity contribution < 1.29 is 36.6 Å². The van der Waals surface area contributed by atoms with Crippen molar-refractivity contribution in [3.8, 4) is 11.3 Å². The van der Waals surface area contributed by atoms with Gasteiger partial charge in [-0.05, 0) is 50.4 Å². The maximum atomic E-state index is 13.9. The number of carboxylic acid groups (broad SMARTS) is 1. The maximum Gasteiger partial charge on any atom is 0.417 e. The van der Waals surface area contributed by atoms with Gasteiger partial charge in [-0.15, -0.1) is 12.4 Å². The van der Waals surface area contributed by atoms with Gasteiger partial charge >= 0.3 is 12.1 Å². The van der Waals surface area contributed by atoms with Gasteiger partial charge in [0.05, 0.1) is 35.3 Å². The first-order valence-corrected chi connectivity index (χ1v) is 13.3. The smallest absolute Gasteiger partial charge is 0.417 e. The number of benzene rings is 1. The first-order chi connectivity index (χ1) is 18.3. The summed E-state index contributed by atoms with van der Waals surface area (Å²) in [6.07, 6.45) is -1.88. The van der Waals surface area contributed by atoms with E-state index in [-0.39, 0.29) is 59.8 Å². The van der Waals surface area contributed by atoms with Gasteiger partial charge in [0.15, 0.2) is 5.69 Å². The van der Waals surface area contributed by atoms with Gasteiger partial charge in [0.25, 0.3) is 11.8 Å². The van der Waals surface area contributed by atoms with Gasteiger partial charge < -0.3 is 10.4 Å². The summed E-state index contributed by atoms with van der Waals surface area (Å²) < 4.78 is 70.6. The molecule has 1 aromatic carbocycles. The van der Waals surface area contributed by atoms with E-state index in [0.29, 0.717) is 25.8 Å². The Morgan fingerprint density at radius 3 is 2.52 bits per heavy atom. The fraction of sp³-hybridized carbons (Fsp3) is 0.577. The minimum atomic E-state index is -4.70. The molecule has 1 aliphatic carbocycles. The number of piperidine rings is 1. The number of nitrogens with zero attached hydrogens (tertiary/aromatic N) is 3. The predicted molar refractivity (Wildman–Crippen MR) is 141 cm³/mol. The number of carboxylic acids is 1. The maximum absolute atomic E-state index is 13.9. The van der Waals surface area contributed by atoms with Crippen LogP contribution in [0.4, 0.5) is 22.0 Å². The quantitative estimate of drug-likeness (QED) is 0.318. The van der Waals surface area contributed by atoms with E-state index in [1.54, 1.807) is 0 Å². The number of nitrogens with one attached hydrogen (secondary N) is 1. The zero-order valence-electron chi connectivity index (χ0n) is 21.5. The molecular formula is C26H31Cl2F5N4O3. The number of halogens is 7. The molecule has 4 rings (SSSR count). The Labute approximate surface area is 239 Å². The normalized spacial score (nSPS) is 18.8. The molecule has 0 radical (unpaired) electrons. The van der Waals surface area contributed by atoms with Gasteiger partial charge in [-0.1, -0.05) is 30.5 Å². The van der Waals surface area contributed by atoms with E-state index in [1.165, 1.54) is 27.8 Å². The van der Waals surface area contributed by atoms with Crippen LogP contribution >= 0.6 is 24.0 Å². The van der Waals surface area contributed by atoms with Crippen LogP contribution < -0.4 is 5.32 Å². The number of aliphatic carboxylic acids is 1. The third-order valence-electron chi connectivity index (χ3n) is 7.24. The van der Waals surface area contributed by atoms with Crippen LogP contribution in [-0.2, 0) is 11.0 Å². The summed E-state index contributed by atoms with van der Waals surface area (Å²) in [4.78, 5) is 26.2. The predicted octanol–water partition coefficient (Wildman–Crippen LogP) is 6.45. The number of amides is 1. The van der Waals surface area contributed by atoms with Gasteiger partial charge in [0, 0.05) is 24.6 Å². The minimum Gasteiger partial charge on any atom is -0.481 e. The van der Waals surface area contributed by atoms with Gasteiger partial charge in [-0.2, -0.15) is 18.3 Å². The van der Waals surface area contributed by atoms with Crippen LogP contribution in [0, 0.1) is 0 Å². The molecule has 1 aliphatic heterocycles. The number of aromatic nitrogens is 2. The van der Waals surface area contributed by atoms with Gasteiger partial charge in [0.1, 0.15) is 0 Å². The summed E-state index contributed by atoms with van der Waals surface area (Å²) in [5, 5.41) is 16.2. The highest BCUT2D eigenvalue weighted by molar-refractivity contribution is 6.33. The zero-order valence-corrected chi connectivity index (χ0v) is 23.1. The first-order valence-electron chi connectivity index (χ1n) is 12.9. The number of carbonyl (C=O) groups is 2. The number of likely N-dealkylation sites (tertiary alicyclic amines) is 1. The molecule has 1 saturated carbocycles. The van der Waals surface area contributed by atoms with Gasteiger partial charge in [-0.3, -0.25) is 19.2 Å². The van der Waals surface area contributed by atoms with Crippen LogP contribution in [0.5, 0.6) is 0 Å². The molecule has 1 saturated heterocycles. The van der Waals surface area contributed by atoms with Crippen molar-refractivity contribution in [2.24, 2.45) is 0 Å². The Kier molecular flexibility index (Phi) is 10.5. The lowest BCUT2D eigenvalue weighted by atomic mass is 10.0. The molecule has 1 aromatic heterocycles. The van der Waals surface area contributed by atoms with Crippen molar-refractivity contribution in [1.82, 2.24) is 20.0 Å². The minimum absolute atomic E-state index is 0. The molecule has 1 atom stereocenters. The number of carbonyl (C=O) groups excluding carboxylic acids is 1. The van der Waals surface area contributed by atoms with E-state index in [0.717, 1.165) is 18.9 Å². The van der Waals surface area contributed by atoms with Crippen LogP contribution in [0.1, 0.15) is 73.5 Å². The van der Waals surface area contributed by atoms with Gasteiger partial charge in [0.2, 0.25) is 0 Å². The van der Waals surface area contributed by atoms with Crippen LogP contribution in [0.25, 0.3) is 11.3 Å². The molecule has 7 nitrogen and oxygen atoms in total. The second-order valence-electron chi connectivity index (χ2n) is 10.3. The second-order valence-corrected chi connectivity index (χ2v) is 10.7. The lowest BCUT2D eigenvalue weighted by Crippen LogP contribution is -2.45. The summed E-state index contributed by atoms with van der Waals surface area (Å²) in [6.45, 7) is 0.164. The van der Waals surface area contributed by atoms with Crippen molar-refractivity contribution in [3.63, 3.8) is 0 Å². The van der Waals surface area contributed by atoms with Crippen molar-refractivity contribution in [2.75, 3.05) is 19.6 Å². The molecule has 2 aromatic rings. The molecule has 1 amide bonds. The molecule has 2 heterocycles. The SMILES string of the molecule is Cl.O=C(O)C[C@H](CCN1CCCC(F)(F)C1)NC(=O)c1cc(-c2c(Cl)cccc2C(F)(F)F)n(C2CCCC2)n1. The Morgan fingerprint density at radius 2 is 1.90 bits per heavy atom. The molecule has 0 bridgehead atoms. The Hall–Kier alpha value is -2.44. The average molecular weight is 613 g/mol. The molecule has 0 spiro atoms. The van der Waals surface area contributed by atoms with Crippen LogP contribution in [0.3, 0.4) is 0 Å². The Morgan fingerprint density at radius 1 is 1.20 bits per heavy atom. The summed E-state index contributed by atoms with van der Waals surface area (Å²) in [6, 6.07) is 3.58. The van der Waals surface area contributed by atoms with Crippen LogP contribution in [0.15, 0.2) is 24.3 Å². The number of alkyl halides is 5. The third kappa shape index (κ3) is 7.85. The summed E-state index contributed by atoms with van der Waals surface area (Å²) in [5.41, 5.74) is -1.36. The Bertz CT molecular complexity index is 1200. The molecule has 2 N–H and O–H groups in total. The highest BCUT2D eigenvalue weighted by Crippen LogP contribution is 2.43. The monoisotopic (exact) mass is 612 g/mol. The van der Waals surface area contributed by atoms with E-state index in [9.17, 15) is 36.6 Å². The van der Waals surface area contributed by atoms with E-state index in [1.807, 2.05) is 0 Å². The highest BCUT2D eigenvalue weighted by atomic mass is 35.5. The van der Waals surface area contributed by atoms with Crippen molar-refractivity contribution in [2.45, 2.75) is 75.5 Å². The molecule has 2 aliphatic rings. The summed E-state index contributed by atoms with van der Waals surface area (Å²) in [7, 11) is 0. The fourth-order valence-corrected chi connectivity index (χ4v) is 5.68. The molecule has 2 fully saturated rings. The number of hydrogen-bond acceptors (Lipinski definition) is 4. The van der Waals surface area contributed by atoms with E-state index >= 15 is 0 Å². The van der Waals surface area contributed by atoms with Gasteiger partial charge in [-0.25, -0.2) is 8.78 Å². The summed E-state index contributed by atoms with van der Waals surface area (Å²) in [5.74, 6) is -4.77. The Balaban J connectivity index is 0.00000441. The molecule has 222 valence electrons. The summed E-state index contributed by atoms with van der Waals surface area (Å²) >= 11 is 6.25. The van der Waals surface area contributed by atoms with Crippen molar-refractivity contribution in [3.05, 3.63) is 40.5 Å². The number of rotatable bonds is 9. The zero-order chi connectivity index (χ0) is 28.4. The van der Waals surface area contributed by atoms with E-state index in [4.69, 9.17) is 11.6 Å². The largest absolute Gasteiger partial charge is 0.481 e. The first kappa shape index (κ1) is 32.1.